The summed E-state index contributed by atoms with van der Waals surface area (Å²) in [5.41, 5.74) is -0.252. The molecule has 2 rings (SSSR count). The van der Waals surface area contributed by atoms with Crippen LogP contribution in [0.4, 0.5) is 17.6 Å². The molecule has 0 aliphatic heterocycles. The Morgan fingerprint density at radius 1 is 1.38 bits per heavy atom. The average Bonchev–Trinajstić information content (AvgIpc) is 3.00. The summed E-state index contributed by atoms with van der Waals surface area (Å²) in [7, 11) is 0. The largest absolute Gasteiger partial charge is 0.412 e. The number of aromatic nitrogens is 1. The lowest BCUT2D eigenvalue weighted by atomic mass is 10.0. The van der Waals surface area contributed by atoms with Gasteiger partial charge in [0.25, 0.3) is 0 Å². The Balaban J connectivity index is 2.33. The van der Waals surface area contributed by atoms with Crippen molar-refractivity contribution in [3.05, 3.63) is 48.4 Å². The number of aromatic amines is 1. The van der Waals surface area contributed by atoms with Gasteiger partial charge in [-0.05, 0) is 25.1 Å². The monoisotopic (exact) mass is 371 g/mol. The molecule has 5 nitrogen and oxygen atoms in total. The van der Waals surface area contributed by atoms with Crippen LogP contribution in [0.5, 0.6) is 0 Å². The van der Waals surface area contributed by atoms with Crippen molar-refractivity contribution in [2.75, 3.05) is 13.1 Å². The molecule has 1 atom stereocenters. The number of hydrogen-bond donors (Lipinski definition) is 2. The summed E-state index contributed by atoms with van der Waals surface area (Å²) in [6.45, 7) is 4.40. The number of benzene rings is 1. The van der Waals surface area contributed by atoms with Gasteiger partial charge in [-0.2, -0.15) is 13.2 Å². The molecule has 1 aromatic heterocycles. The number of alkyl halides is 3. The van der Waals surface area contributed by atoms with Gasteiger partial charge in [-0.1, -0.05) is 12.6 Å². The molecule has 1 unspecified atom stereocenters. The van der Waals surface area contributed by atoms with Gasteiger partial charge in [0.05, 0.1) is 6.54 Å². The summed E-state index contributed by atoms with van der Waals surface area (Å²) in [6.07, 6.45) is -2.88. The van der Waals surface area contributed by atoms with Crippen LogP contribution in [0.3, 0.4) is 0 Å². The molecule has 0 fully saturated rings. The molecule has 2 N–H and O–H groups in total. The SMILES string of the molecule is C=CC(=O)N(CC)CC(=O)NC(c1c[nH]c2cccc(F)c12)C(F)(F)F. The van der Waals surface area contributed by atoms with E-state index in [1.165, 1.54) is 12.1 Å². The van der Waals surface area contributed by atoms with Gasteiger partial charge in [0.2, 0.25) is 11.8 Å². The minimum absolute atomic E-state index is 0.122. The van der Waals surface area contributed by atoms with Gasteiger partial charge in [0, 0.05) is 29.2 Å². The Hall–Kier alpha value is -2.84. The third kappa shape index (κ3) is 4.04. The molecule has 0 aliphatic carbocycles. The fourth-order valence-corrected chi connectivity index (χ4v) is 2.58. The van der Waals surface area contributed by atoms with Gasteiger partial charge in [-0.25, -0.2) is 4.39 Å². The van der Waals surface area contributed by atoms with Crippen LogP contribution in [-0.2, 0) is 9.59 Å². The zero-order chi connectivity index (χ0) is 19.5. The lowest BCUT2D eigenvalue weighted by molar-refractivity contribution is -0.163. The number of hydrogen-bond acceptors (Lipinski definition) is 2. The second-order valence-electron chi connectivity index (χ2n) is 5.51. The van der Waals surface area contributed by atoms with E-state index in [9.17, 15) is 27.2 Å². The first-order valence-corrected chi connectivity index (χ1v) is 7.72. The van der Waals surface area contributed by atoms with E-state index in [1.54, 1.807) is 6.92 Å². The summed E-state index contributed by atoms with van der Waals surface area (Å²) < 4.78 is 54.5. The highest BCUT2D eigenvalue weighted by atomic mass is 19.4. The highest BCUT2D eigenvalue weighted by molar-refractivity contribution is 5.91. The van der Waals surface area contributed by atoms with Crippen molar-refractivity contribution in [3.8, 4) is 0 Å². The van der Waals surface area contributed by atoms with Gasteiger partial charge in [0.15, 0.2) is 6.04 Å². The lowest BCUT2D eigenvalue weighted by Crippen LogP contribution is -2.44. The smallest absolute Gasteiger partial charge is 0.361 e. The number of rotatable bonds is 6. The Kier molecular flexibility index (Phi) is 5.69. The fraction of sp³-hybridized carbons (Fsp3) is 0.294. The van der Waals surface area contributed by atoms with E-state index < -0.39 is 42.0 Å². The quantitative estimate of drug-likeness (QED) is 0.606. The van der Waals surface area contributed by atoms with Crippen molar-refractivity contribution in [1.29, 1.82) is 0 Å². The first-order chi connectivity index (χ1) is 12.2. The van der Waals surface area contributed by atoms with E-state index in [-0.39, 0.29) is 17.4 Å². The van der Waals surface area contributed by atoms with E-state index in [2.05, 4.69) is 11.6 Å². The van der Waals surface area contributed by atoms with Gasteiger partial charge >= 0.3 is 6.18 Å². The topological polar surface area (TPSA) is 65.2 Å². The zero-order valence-electron chi connectivity index (χ0n) is 13.9. The van der Waals surface area contributed by atoms with Crippen LogP contribution in [-0.4, -0.2) is 41.0 Å². The van der Waals surface area contributed by atoms with E-state index >= 15 is 0 Å². The molecule has 26 heavy (non-hydrogen) atoms. The van der Waals surface area contributed by atoms with Gasteiger partial charge in [-0.3, -0.25) is 9.59 Å². The van der Waals surface area contributed by atoms with Gasteiger partial charge in [-0.15, -0.1) is 0 Å². The van der Waals surface area contributed by atoms with Crippen LogP contribution in [0, 0.1) is 5.82 Å². The van der Waals surface area contributed by atoms with Crippen molar-refractivity contribution in [2.45, 2.75) is 19.1 Å². The second kappa shape index (κ2) is 7.59. The second-order valence-corrected chi connectivity index (χ2v) is 5.51. The van der Waals surface area contributed by atoms with Crippen molar-refractivity contribution in [1.82, 2.24) is 15.2 Å². The molecule has 0 spiro atoms. The molecule has 0 bridgehead atoms. The number of likely N-dealkylation sites (N-methyl/N-ethyl adjacent to an activating group) is 1. The zero-order valence-corrected chi connectivity index (χ0v) is 13.9. The lowest BCUT2D eigenvalue weighted by Gasteiger charge is -2.24. The van der Waals surface area contributed by atoms with Crippen LogP contribution in [0.15, 0.2) is 37.1 Å². The van der Waals surface area contributed by atoms with E-state index in [1.807, 2.05) is 5.32 Å². The van der Waals surface area contributed by atoms with Gasteiger partial charge < -0.3 is 15.2 Å². The van der Waals surface area contributed by atoms with Crippen LogP contribution in [0.25, 0.3) is 10.9 Å². The molecule has 9 heteroatoms. The molecule has 0 radical (unpaired) electrons. The van der Waals surface area contributed by atoms with Crippen molar-refractivity contribution in [2.24, 2.45) is 0 Å². The number of nitrogens with one attached hydrogen (secondary N) is 2. The maximum Gasteiger partial charge on any atom is 0.412 e. The first-order valence-electron chi connectivity index (χ1n) is 7.72. The van der Waals surface area contributed by atoms with E-state index in [0.717, 1.165) is 23.2 Å². The van der Waals surface area contributed by atoms with Crippen LogP contribution in [0.2, 0.25) is 0 Å². The van der Waals surface area contributed by atoms with Crippen LogP contribution >= 0.6 is 0 Å². The molecule has 0 saturated carbocycles. The highest BCUT2D eigenvalue weighted by Crippen LogP contribution is 2.37. The van der Waals surface area contributed by atoms with E-state index in [0.29, 0.717) is 0 Å². The fourth-order valence-electron chi connectivity index (χ4n) is 2.58. The Morgan fingerprint density at radius 2 is 2.08 bits per heavy atom. The molecule has 2 amide bonds. The third-order valence-electron chi connectivity index (χ3n) is 3.83. The Bertz CT molecular complexity index is 829. The van der Waals surface area contributed by atoms with Crippen LogP contribution in [0.1, 0.15) is 18.5 Å². The number of carbonyl (C=O) groups excluding carboxylic acids is 2. The predicted molar refractivity (Wildman–Crippen MR) is 87.6 cm³/mol. The minimum Gasteiger partial charge on any atom is -0.361 e. The average molecular weight is 371 g/mol. The summed E-state index contributed by atoms with van der Waals surface area (Å²) in [6, 6.07) is 1.41. The number of carbonyl (C=O) groups is 2. The summed E-state index contributed by atoms with van der Waals surface area (Å²) in [5, 5.41) is 1.60. The maximum absolute atomic E-state index is 14.0. The molecular formula is C17H17F4N3O2. The Morgan fingerprint density at radius 3 is 2.65 bits per heavy atom. The summed E-state index contributed by atoms with van der Waals surface area (Å²) in [5.74, 6) is -2.43. The number of nitrogens with zero attached hydrogens (tertiary/aromatic N) is 1. The van der Waals surface area contributed by atoms with Crippen molar-refractivity contribution < 1.29 is 27.2 Å². The number of fused-ring (bicyclic) bond motifs is 1. The first kappa shape index (κ1) is 19.5. The summed E-state index contributed by atoms with van der Waals surface area (Å²) in [4.78, 5) is 27.2. The molecule has 0 saturated heterocycles. The minimum atomic E-state index is -4.85. The summed E-state index contributed by atoms with van der Waals surface area (Å²) >= 11 is 0. The van der Waals surface area contributed by atoms with Crippen LogP contribution < -0.4 is 5.32 Å². The number of H-pyrrole nitrogens is 1. The molecule has 1 aromatic carbocycles. The highest BCUT2D eigenvalue weighted by Gasteiger charge is 2.43. The molecular weight excluding hydrogens is 354 g/mol. The predicted octanol–water partition coefficient (Wildman–Crippen LogP) is 3.06. The molecule has 1 heterocycles. The Labute approximate surface area is 146 Å². The maximum atomic E-state index is 14.0. The third-order valence-corrected chi connectivity index (χ3v) is 3.83. The number of amides is 2. The standard InChI is InChI=1S/C17H17F4N3O2/c1-3-14(26)24(4-2)9-13(25)23-16(17(19,20)21)10-8-22-12-7-5-6-11(18)15(10)12/h3,5-8,16,22H,1,4,9H2,2H3,(H,23,25). The van der Waals surface area contributed by atoms with Crippen molar-refractivity contribution >= 4 is 22.7 Å². The molecule has 0 aliphatic rings. The normalized spacial score (nSPS) is 12.7. The van der Waals surface area contributed by atoms with E-state index in [4.69, 9.17) is 0 Å². The van der Waals surface area contributed by atoms with Gasteiger partial charge in [0.1, 0.15) is 5.82 Å². The number of halogens is 4. The molecule has 140 valence electrons. The van der Waals surface area contributed by atoms with Crippen molar-refractivity contribution in [3.63, 3.8) is 0 Å². The molecule has 2 aromatic rings.